The van der Waals surface area contributed by atoms with Crippen LogP contribution in [0.5, 0.6) is 5.88 Å². The normalized spacial score (nSPS) is 16.5. The van der Waals surface area contributed by atoms with E-state index in [4.69, 9.17) is 4.74 Å². The van der Waals surface area contributed by atoms with Crippen LogP contribution in [0.3, 0.4) is 0 Å². The Morgan fingerprint density at radius 1 is 1.31 bits per heavy atom. The standard InChI is InChI=1S/C20H35N5O/c1-4-21-20(23-10-6-12-25-13-8-17(3)9-14-25)24-16-18-7-11-22-19(15-18)26-5-2/h7,11,15,17H,4-6,8-10,12-14,16H2,1-3H3,(H2,21,23,24). The summed E-state index contributed by atoms with van der Waals surface area (Å²) in [6.07, 6.45) is 5.60. The van der Waals surface area contributed by atoms with Crippen LogP contribution in [0.2, 0.25) is 0 Å². The molecule has 1 aromatic heterocycles. The second kappa shape index (κ2) is 11.7. The summed E-state index contributed by atoms with van der Waals surface area (Å²) >= 11 is 0. The number of rotatable bonds is 9. The maximum absolute atomic E-state index is 5.45. The van der Waals surface area contributed by atoms with Gasteiger partial charge in [0.15, 0.2) is 5.96 Å². The Bertz CT molecular complexity index is 541. The minimum atomic E-state index is 0.613. The third-order valence-electron chi connectivity index (χ3n) is 4.68. The topological polar surface area (TPSA) is 61.8 Å². The van der Waals surface area contributed by atoms with Crippen molar-refractivity contribution in [3.8, 4) is 5.88 Å². The van der Waals surface area contributed by atoms with Gasteiger partial charge in [-0.05, 0) is 70.3 Å². The molecule has 2 heterocycles. The van der Waals surface area contributed by atoms with E-state index < -0.39 is 0 Å². The minimum Gasteiger partial charge on any atom is -0.478 e. The third kappa shape index (κ3) is 7.60. The molecule has 1 saturated heterocycles. The Hall–Kier alpha value is -1.82. The highest BCUT2D eigenvalue weighted by molar-refractivity contribution is 5.79. The van der Waals surface area contributed by atoms with E-state index in [2.05, 4.69) is 39.4 Å². The van der Waals surface area contributed by atoms with Crippen LogP contribution in [0.4, 0.5) is 0 Å². The number of pyridine rings is 1. The van der Waals surface area contributed by atoms with Gasteiger partial charge in [0.25, 0.3) is 0 Å². The molecule has 2 rings (SSSR count). The summed E-state index contributed by atoms with van der Waals surface area (Å²) in [5.74, 6) is 2.43. The second-order valence-electron chi connectivity index (χ2n) is 6.93. The van der Waals surface area contributed by atoms with Crippen molar-refractivity contribution >= 4 is 5.96 Å². The minimum absolute atomic E-state index is 0.613. The average Bonchev–Trinajstić information content (AvgIpc) is 2.65. The van der Waals surface area contributed by atoms with Gasteiger partial charge in [0.2, 0.25) is 5.88 Å². The van der Waals surface area contributed by atoms with Gasteiger partial charge in [0, 0.05) is 25.4 Å². The Morgan fingerprint density at radius 2 is 2.12 bits per heavy atom. The summed E-state index contributed by atoms with van der Waals surface area (Å²) in [4.78, 5) is 11.5. The summed E-state index contributed by atoms with van der Waals surface area (Å²) in [6, 6.07) is 3.93. The van der Waals surface area contributed by atoms with Crippen molar-refractivity contribution in [3.63, 3.8) is 0 Å². The van der Waals surface area contributed by atoms with Crippen molar-refractivity contribution in [2.24, 2.45) is 10.9 Å². The zero-order chi connectivity index (χ0) is 18.6. The molecule has 0 aliphatic carbocycles. The number of likely N-dealkylation sites (tertiary alicyclic amines) is 1. The average molecular weight is 362 g/mol. The van der Waals surface area contributed by atoms with Crippen LogP contribution in [0.25, 0.3) is 0 Å². The molecule has 0 spiro atoms. The lowest BCUT2D eigenvalue weighted by Crippen LogP contribution is -2.39. The lowest BCUT2D eigenvalue weighted by molar-refractivity contribution is 0.191. The molecule has 26 heavy (non-hydrogen) atoms. The Labute approximate surface area is 158 Å². The first-order chi connectivity index (χ1) is 12.7. The molecule has 6 heteroatoms. The zero-order valence-corrected chi connectivity index (χ0v) is 16.6. The first-order valence-electron chi connectivity index (χ1n) is 10.0. The van der Waals surface area contributed by atoms with E-state index in [1.807, 2.05) is 19.1 Å². The van der Waals surface area contributed by atoms with E-state index in [1.54, 1.807) is 6.20 Å². The molecule has 1 aliphatic heterocycles. The van der Waals surface area contributed by atoms with E-state index >= 15 is 0 Å². The molecule has 0 amide bonds. The zero-order valence-electron chi connectivity index (χ0n) is 16.6. The number of piperidine rings is 1. The van der Waals surface area contributed by atoms with Crippen molar-refractivity contribution in [2.45, 2.75) is 46.6 Å². The molecule has 6 nitrogen and oxygen atoms in total. The van der Waals surface area contributed by atoms with Crippen molar-refractivity contribution < 1.29 is 4.74 Å². The monoisotopic (exact) mass is 361 g/mol. The van der Waals surface area contributed by atoms with Gasteiger partial charge in [0.05, 0.1) is 13.2 Å². The van der Waals surface area contributed by atoms with Gasteiger partial charge in [-0.25, -0.2) is 9.98 Å². The number of ether oxygens (including phenoxy) is 1. The Morgan fingerprint density at radius 3 is 2.85 bits per heavy atom. The molecule has 0 saturated carbocycles. The number of guanidine groups is 1. The van der Waals surface area contributed by atoms with Gasteiger partial charge in [-0.1, -0.05) is 6.92 Å². The first-order valence-corrected chi connectivity index (χ1v) is 10.0. The lowest BCUT2D eigenvalue weighted by atomic mass is 9.99. The molecule has 0 unspecified atom stereocenters. The van der Waals surface area contributed by atoms with Crippen LogP contribution in [-0.2, 0) is 6.54 Å². The maximum Gasteiger partial charge on any atom is 0.213 e. The molecule has 146 valence electrons. The fraction of sp³-hybridized carbons (Fsp3) is 0.700. The third-order valence-corrected chi connectivity index (χ3v) is 4.68. The summed E-state index contributed by atoms with van der Waals surface area (Å²) < 4.78 is 5.45. The summed E-state index contributed by atoms with van der Waals surface area (Å²) in [6.45, 7) is 13.1. The van der Waals surface area contributed by atoms with Crippen LogP contribution in [0.15, 0.2) is 23.3 Å². The molecule has 0 atom stereocenters. The predicted octanol–water partition coefficient (Wildman–Crippen LogP) is 2.66. The van der Waals surface area contributed by atoms with Gasteiger partial charge in [-0.2, -0.15) is 0 Å². The molecular formula is C20H35N5O. The van der Waals surface area contributed by atoms with Gasteiger partial charge >= 0.3 is 0 Å². The maximum atomic E-state index is 5.45. The second-order valence-corrected chi connectivity index (χ2v) is 6.93. The van der Waals surface area contributed by atoms with Crippen molar-refractivity contribution in [2.75, 3.05) is 39.3 Å². The lowest BCUT2D eigenvalue weighted by Gasteiger charge is -2.30. The fourth-order valence-electron chi connectivity index (χ4n) is 3.08. The van der Waals surface area contributed by atoms with E-state index in [1.165, 1.54) is 32.5 Å². The summed E-state index contributed by atoms with van der Waals surface area (Å²) in [5, 5.41) is 6.76. The van der Waals surface area contributed by atoms with Crippen LogP contribution in [0, 0.1) is 5.92 Å². The highest BCUT2D eigenvalue weighted by Gasteiger charge is 2.14. The van der Waals surface area contributed by atoms with Gasteiger partial charge in [0.1, 0.15) is 0 Å². The van der Waals surface area contributed by atoms with Crippen molar-refractivity contribution in [3.05, 3.63) is 23.9 Å². The molecule has 1 fully saturated rings. The van der Waals surface area contributed by atoms with E-state index in [0.717, 1.165) is 37.0 Å². The van der Waals surface area contributed by atoms with Crippen LogP contribution in [-0.4, -0.2) is 55.2 Å². The molecule has 0 aromatic carbocycles. The van der Waals surface area contributed by atoms with Crippen LogP contribution >= 0.6 is 0 Å². The summed E-state index contributed by atoms with van der Waals surface area (Å²) in [7, 11) is 0. The van der Waals surface area contributed by atoms with E-state index in [-0.39, 0.29) is 0 Å². The Balaban J connectivity index is 1.74. The van der Waals surface area contributed by atoms with Crippen molar-refractivity contribution in [1.29, 1.82) is 0 Å². The smallest absolute Gasteiger partial charge is 0.213 e. The predicted molar refractivity (Wildman–Crippen MR) is 108 cm³/mol. The molecular weight excluding hydrogens is 326 g/mol. The highest BCUT2D eigenvalue weighted by atomic mass is 16.5. The quantitative estimate of drug-likeness (QED) is 0.402. The molecule has 2 N–H and O–H groups in total. The number of aliphatic imine (C=N–C) groups is 1. The summed E-state index contributed by atoms with van der Waals surface area (Å²) in [5.41, 5.74) is 1.10. The van der Waals surface area contributed by atoms with Gasteiger partial charge < -0.3 is 20.3 Å². The largest absolute Gasteiger partial charge is 0.478 e. The number of nitrogens with one attached hydrogen (secondary N) is 2. The Kier molecular flexibility index (Phi) is 9.24. The van der Waals surface area contributed by atoms with E-state index in [0.29, 0.717) is 19.0 Å². The van der Waals surface area contributed by atoms with Gasteiger partial charge in [-0.15, -0.1) is 0 Å². The van der Waals surface area contributed by atoms with Crippen molar-refractivity contribution in [1.82, 2.24) is 20.5 Å². The molecule has 1 aliphatic rings. The molecule has 1 aromatic rings. The molecule has 0 radical (unpaired) electrons. The fourth-order valence-corrected chi connectivity index (χ4v) is 3.08. The SMILES string of the molecule is CCNC(=NCc1ccnc(OCC)c1)NCCCN1CCC(C)CC1. The number of hydrogen-bond donors (Lipinski definition) is 2. The van der Waals surface area contributed by atoms with Gasteiger partial charge in [-0.3, -0.25) is 0 Å². The van der Waals surface area contributed by atoms with E-state index in [9.17, 15) is 0 Å². The number of aromatic nitrogens is 1. The highest BCUT2D eigenvalue weighted by Crippen LogP contribution is 2.15. The molecule has 0 bridgehead atoms. The van der Waals surface area contributed by atoms with Crippen LogP contribution in [0.1, 0.15) is 45.6 Å². The van der Waals surface area contributed by atoms with Crippen LogP contribution < -0.4 is 15.4 Å². The number of nitrogens with zero attached hydrogens (tertiary/aromatic N) is 3. The first kappa shape index (κ1) is 20.5. The number of hydrogen-bond acceptors (Lipinski definition) is 4.